The number of aryl methyl sites for hydroxylation is 1. The first-order chi connectivity index (χ1) is 18.7. The third-order valence-corrected chi connectivity index (χ3v) is 7.66. The molecule has 2 aliphatic rings. The second kappa shape index (κ2) is 8.95. The summed E-state index contributed by atoms with van der Waals surface area (Å²) in [4.78, 5) is 46.0. The molecule has 0 spiro atoms. The molecular formula is C29H24N4O6. The molecule has 4 aromatic rings. The lowest BCUT2D eigenvalue weighted by molar-refractivity contribution is -0.384. The zero-order chi connectivity index (χ0) is 27.5. The molecule has 0 fully saturated rings. The van der Waals surface area contributed by atoms with Gasteiger partial charge in [0.15, 0.2) is 0 Å². The first kappa shape index (κ1) is 24.6. The highest BCUT2D eigenvalue weighted by Crippen LogP contribution is 2.41. The van der Waals surface area contributed by atoms with E-state index in [0.29, 0.717) is 33.7 Å². The molecule has 0 saturated heterocycles. The van der Waals surface area contributed by atoms with Crippen LogP contribution in [0.5, 0.6) is 0 Å². The van der Waals surface area contributed by atoms with Crippen molar-refractivity contribution in [1.29, 1.82) is 0 Å². The molecule has 1 N–H and O–H groups in total. The number of carbonyl (C=O) groups is 1. The molecule has 10 nitrogen and oxygen atoms in total. The Balaban J connectivity index is 1.49. The predicted molar refractivity (Wildman–Crippen MR) is 144 cm³/mol. The average molecular weight is 525 g/mol. The van der Waals surface area contributed by atoms with Crippen LogP contribution < -0.4 is 5.56 Å². The number of hydrogen-bond donors (Lipinski definition) is 1. The quantitative estimate of drug-likeness (QED) is 0.159. The molecule has 1 atom stereocenters. The highest BCUT2D eigenvalue weighted by Gasteiger charge is 2.39. The van der Waals surface area contributed by atoms with Crippen molar-refractivity contribution >= 4 is 34.5 Å². The number of esters is 1. The van der Waals surface area contributed by atoms with Crippen molar-refractivity contribution in [2.24, 2.45) is 4.99 Å². The molecular weight excluding hydrogens is 500 g/mol. The van der Waals surface area contributed by atoms with Crippen molar-refractivity contribution in [2.45, 2.75) is 45.4 Å². The van der Waals surface area contributed by atoms with Gasteiger partial charge in [-0.3, -0.25) is 24.7 Å². The second-order valence-corrected chi connectivity index (χ2v) is 9.88. The summed E-state index contributed by atoms with van der Waals surface area (Å²) in [6.07, 6.45) is 1.61. The number of fused-ring (bicyclic) bond motifs is 5. The van der Waals surface area contributed by atoms with Crippen molar-refractivity contribution in [2.75, 3.05) is 0 Å². The Hall–Kier alpha value is -4.70. The molecule has 6 rings (SSSR count). The van der Waals surface area contributed by atoms with Crippen molar-refractivity contribution in [3.05, 3.63) is 96.8 Å². The van der Waals surface area contributed by atoms with Gasteiger partial charge in [0, 0.05) is 29.3 Å². The van der Waals surface area contributed by atoms with Gasteiger partial charge in [-0.1, -0.05) is 25.1 Å². The van der Waals surface area contributed by atoms with Gasteiger partial charge in [-0.25, -0.2) is 4.98 Å². The van der Waals surface area contributed by atoms with E-state index in [1.54, 1.807) is 35.9 Å². The van der Waals surface area contributed by atoms with Crippen LogP contribution in [0, 0.1) is 17.0 Å². The summed E-state index contributed by atoms with van der Waals surface area (Å²) < 4.78 is 6.86. The first-order valence-electron chi connectivity index (χ1n) is 12.6. The monoisotopic (exact) mass is 524 g/mol. The Bertz CT molecular complexity index is 1810. The number of aromatic nitrogens is 2. The van der Waals surface area contributed by atoms with Crippen LogP contribution in [-0.4, -0.2) is 31.8 Å². The van der Waals surface area contributed by atoms with E-state index in [9.17, 15) is 24.8 Å². The van der Waals surface area contributed by atoms with E-state index in [1.807, 2.05) is 25.1 Å². The molecule has 0 saturated carbocycles. The molecule has 196 valence electrons. The molecule has 0 bridgehead atoms. The van der Waals surface area contributed by atoms with Crippen LogP contribution in [0.15, 0.2) is 58.3 Å². The number of nitrogens with zero attached hydrogens (tertiary/aromatic N) is 4. The maximum absolute atomic E-state index is 13.6. The summed E-state index contributed by atoms with van der Waals surface area (Å²) in [5.74, 6) is -0.543. The van der Waals surface area contributed by atoms with Crippen molar-refractivity contribution in [3.63, 3.8) is 0 Å². The topological polar surface area (TPSA) is 137 Å². The van der Waals surface area contributed by atoms with E-state index >= 15 is 0 Å². The molecule has 10 heteroatoms. The molecule has 0 radical (unpaired) electrons. The Labute approximate surface area is 222 Å². The summed E-state index contributed by atoms with van der Waals surface area (Å²) in [5.41, 5.74) is 3.82. The number of hydrogen-bond acceptors (Lipinski definition) is 8. The summed E-state index contributed by atoms with van der Waals surface area (Å²) in [5, 5.41) is 23.3. The number of pyridine rings is 2. The Kier molecular flexibility index (Phi) is 5.65. The molecule has 2 aliphatic heterocycles. The Morgan fingerprint density at radius 1 is 1.21 bits per heavy atom. The molecule has 0 aliphatic carbocycles. The fraction of sp³-hybridized carbons (Fsp3) is 0.241. The molecule has 2 aromatic heterocycles. The lowest BCUT2D eigenvalue weighted by Gasteiger charge is -2.26. The maximum Gasteiger partial charge on any atom is 0.309 e. The van der Waals surface area contributed by atoms with Crippen LogP contribution >= 0.6 is 0 Å². The number of non-ortho nitro benzene ring substituents is 1. The fourth-order valence-electron chi connectivity index (χ4n) is 5.51. The van der Waals surface area contributed by atoms with Gasteiger partial charge in [0.1, 0.15) is 12.2 Å². The third-order valence-electron chi connectivity index (χ3n) is 7.66. The smallest absolute Gasteiger partial charge is 0.309 e. The third kappa shape index (κ3) is 3.91. The Morgan fingerprint density at radius 3 is 2.77 bits per heavy atom. The molecule has 4 heterocycles. The number of carbonyl (C=O) groups excluding carboxylic acids is 1. The van der Waals surface area contributed by atoms with Gasteiger partial charge >= 0.3 is 5.97 Å². The van der Waals surface area contributed by atoms with Gasteiger partial charge in [0.25, 0.3) is 11.2 Å². The number of nitro groups is 1. The average Bonchev–Trinajstić information content (AvgIpc) is 3.24. The fourth-order valence-corrected chi connectivity index (χ4v) is 5.51. The van der Waals surface area contributed by atoms with E-state index in [4.69, 9.17) is 9.72 Å². The molecule has 2 aromatic carbocycles. The van der Waals surface area contributed by atoms with Crippen molar-refractivity contribution in [1.82, 2.24) is 9.55 Å². The van der Waals surface area contributed by atoms with Gasteiger partial charge in [-0.15, -0.1) is 0 Å². The molecule has 39 heavy (non-hydrogen) atoms. The first-order valence-corrected chi connectivity index (χ1v) is 12.6. The van der Waals surface area contributed by atoms with Crippen molar-refractivity contribution < 1.29 is 19.6 Å². The molecule has 0 amide bonds. The summed E-state index contributed by atoms with van der Waals surface area (Å²) in [6, 6.07) is 13.6. The lowest BCUT2D eigenvalue weighted by atomic mass is 9.85. The zero-order valence-electron chi connectivity index (χ0n) is 21.3. The molecule has 0 unspecified atom stereocenters. The van der Waals surface area contributed by atoms with Crippen LogP contribution in [0.4, 0.5) is 11.4 Å². The second-order valence-electron chi connectivity index (χ2n) is 9.88. The van der Waals surface area contributed by atoms with E-state index in [-0.39, 0.29) is 42.8 Å². The highest BCUT2D eigenvalue weighted by atomic mass is 16.6. The van der Waals surface area contributed by atoms with E-state index in [0.717, 1.165) is 16.5 Å². The normalized spacial score (nSPS) is 18.0. The lowest BCUT2D eigenvalue weighted by Crippen LogP contribution is -2.32. The predicted octanol–water partition coefficient (Wildman–Crippen LogP) is 4.44. The van der Waals surface area contributed by atoms with Gasteiger partial charge in [-0.05, 0) is 48.2 Å². The number of nitro benzene ring substituents is 1. The van der Waals surface area contributed by atoms with Gasteiger partial charge in [-0.2, -0.15) is 0 Å². The number of benzene rings is 2. The maximum atomic E-state index is 13.6. The number of rotatable bonds is 4. The highest BCUT2D eigenvalue weighted by molar-refractivity contribution is 5.98. The minimum Gasteiger partial charge on any atom is -0.460 e. The van der Waals surface area contributed by atoms with Gasteiger partial charge in [0.2, 0.25) is 0 Å². The number of cyclic esters (lactones) is 1. The van der Waals surface area contributed by atoms with Crippen LogP contribution in [0.2, 0.25) is 0 Å². The summed E-state index contributed by atoms with van der Waals surface area (Å²) >= 11 is 0. The van der Waals surface area contributed by atoms with Gasteiger partial charge in [0.05, 0.1) is 46.0 Å². The standard InChI is InChI=1S/C29H24N4O6/c1-3-29(36)12-25(34)39-15-20-21(29)11-24-27-19(14-32(24)28(20)35)16(2)26-22(8-5-9-23(26)31-27)30-13-17-6-4-7-18(10-17)33(37)38/h4-11,13,36H,3,12,14-15H2,1-2H3/t29-/m0/s1. The minimum atomic E-state index is -1.50. The van der Waals surface area contributed by atoms with Crippen molar-refractivity contribution in [3.8, 4) is 11.4 Å². The summed E-state index contributed by atoms with van der Waals surface area (Å²) in [7, 11) is 0. The number of aliphatic hydroxyl groups is 1. The minimum absolute atomic E-state index is 0.0149. The van der Waals surface area contributed by atoms with Crippen LogP contribution in [0.25, 0.3) is 22.3 Å². The largest absolute Gasteiger partial charge is 0.460 e. The summed E-state index contributed by atoms with van der Waals surface area (Å²) in [6.45, 7) is 3.83. The zero-order valence-corrected chi connectivity index (χ0v) is 21.3. The van der Waals surface area contributed by atoms with Gasteiger partial charge < -0.3 is 14.4 Å². The van der Waals surface area contributed by atoms with E-state index in [1.165, 1.54) is 12.1 Å². The van der Waals surface area contributed by atoms with E-state index < -0.39 is 16.5 Å². The number of aliphatic imine (C=N–C) groups is 1. The van der Waals surface area contributed by atoms with Crippen LogP contribution in [0.1, 0.15) is 47.6 Å². The van der Waals surface area contributed by atoms with Crippen LogP contribution in [0.3, 0.4) is 0 Å². The Morgan fingerprint density at radius 2 is 2.00 bits per heavy atom. The number of ether oxygens (including phenoxy) is 1. The SMILES string of the molecule is CC[C@]1(O)CC(=O)OCc2c1cc1n(c2=O)Cc2c-1nc1cccc(N=Cc3cccc([N+](=O)[O-])c3)c1c2C. The van der Waals surface area contributed by atoms with Crippen LogP contribution in [-0.2, 0) is 28.3 Å². The van der Waals surface area contributed by atoms with E-state index in [2.05, 4.69) is 4.99 Å².